The average molecular weight is 381 g/mol. The summed E-state index contributed by atoms with van der Waals surface area (Å²) in [6.45, 7) is 9.52. The van der Waals surface area contributed by atoms with Crippen molar-refractivity contribution < 1.29 is 17.9 Å². The zero-order valence-corrected chi connectivity index (χ0v) is 16.7. The van der Waals surface area contributed by atoms with E-state index in [1.165, 1.54) is 10.4 Å². The van der Waals surface area contributed by atoms with Gasteiger partial charge < -0.3 is 9.64 Å². The molecule has 0 saturated carbocycles. The largest absolute Gasteiger partial charge is 0.379 e. The molecule has 6 nitrogen and oxygen atoms in total. The Hall–Kier alpha value is -1.70. The molecule has 0 atom stereocenters. The van der Waals surface area contributed by atoms with E-state index in [0.717, 1.165) is 5.56 Å². The number of benzene rings is 1. The standard InChI is InChI=1S/C19H28N2O4S/c1-15(2)21(16(3)4)19(22)10-7-17-5-8-18(9-6-17)26(23,24)20-11-13-25-14-12-20/h5-10,15-16H,11-14H2,1-4H3/b10-7+. The average Bonchev–Trinajstić information content (AvgIpc) is 2.60. The molecule has 0 radical (unpaired) electrons. The number of sulfonamides is 1. The van der Waals surface area contributed by atoms with Crippen LogP contribution in [0.2, 0.25) is 0 Å². The number of morpholine rings is 1. The van der Waals surface area contributed by atoms with Gasteiger partial charge in [-0.3, -0.25) is 4.79 Å². The Morgan fingerprint density at radius 3 is 2.12 bits per heavy atom. The second-order valence-corrected chi connectivity index (χ2v) is 8.79. The van der Waals surface area contributed by atoms with Gasteiger partial charge in [-0.1, -0.05) is 12.1 Å². The molecule has 144 valence electrons. The predicted molar refractivity (Wildman–Crippen MR) is 102 cm³/mol. The molecule has 1 aromatic rings. The predicted octanol–water partition coefficient (Wildman–Crippen LogP) is 2.37. The maximum atomic E-state index is 12.6. The van der Waals surface area contributed by atoms with Crippen LogP contribution >= 0.6 is 0 Å². The van der Waals surface area contributed by atoms with Crippen molar-refractivity contribution in [2.24, 2.45) is 0 Å². The first-order valence-electron chi connectivity index (χ1n) is 8.92. The molecule has 1 aliphatic rings. The third kappa shape index (κ3) is 4.93. The number of nitrogens with zero attached hydrogens (tertiary/aromatic N) is 2. The topological polar surface area (TPSA) is 66.9 Å². The van der Waals surface area contributed by atoms with Crippen LogP contribution in [0.1, 0.15) is 33.3 Å². The number of hydrogen-bond donors (Lipinski definition) is 0. The lowest BCUT2D eigenvalue weighted by molar-refractivity contribution is -0.129. The van der Waals surface area contributed by atoms with Gasteiger partial charge in [0.2, 0.25) is 15.9 Å². The zero-order valence-electron chi connectivity index (χ0n) is 15.9. The Balaban J connectivity index is 2.10. The van der Waals surface area contributed by atoms with Crippen molar-refractivity contribution >= 4 is 22.0 Å². The molecular formula is C19H28N2O4S. The maximum absolute atomic E-state index is 12.6. The second-order valence-electron chi connectivity index (χ2n) is 6.85. The van der Waals surface area contributed by atoms with Crippen LogP contribution in [0, 0.1) is 0 Å². The molecule has 1 amide bonds. The number of ether oxygens (including phenoxy) is 1. The molecule has 7 heteroatoms. The Bertz CT molecular complexity index is 725. The van der Waals surface area contributed by atoms with E-state index in [9.17, 15) is 13.2 Å². The quantitative estimate of drug-likeness (QED) is 0.711. The van der Waals surface area contributed by atoms with Gasteiger partial charge in [0.1, 0.15) is 0 Å². The molecule has 1 aliphatic heterocycles. The SMILES string of the molecule is CC(C)N(C(=O)/C=C/c1ccc(S(=O)(=O)N2CCOCC2)cc1)C(C)C. The first-order chi connectivity index (χ1) is 12.2. The summed E-state index contributed by atoms with van der Waals surface area (Å²) < 4.78 is 31.8. The van der Waals surface area contributed by atoms with Crippen LogP contribution in [0.4, 0.5) is 0 Å². The van der Waals surface area contributed by atoms with Gasteiger partial charge in [-0.15, -0.1) is 0 Å². The van der Waals surface area contributed by atoms with E-state index in [4.69, 9.17) is 4.74 Å². The lowest BCUT2D eigenvalue weighted by atomic mass is 10.2. The Kier molecular flexibility index (Phi) is 6.97. The highest BCUT2D eigenvalue weighted by Gasteiger charge is 2.26. The van der Waals surface area contributed by atoms with Crippen LogP contribution in [-0.4, -0.2) is 61.9 Å². The summed E-state index contributed by atoms with van der Waals surface area (Å²) in [6, 6.07) is 6.83. The summed E-state index contributed by atoms with van der Waals surface area (Å²) >= 11 is 0. The van der Waals surface area contributed by atoms with Gasteiger partial charge in [0.15, 0.2) is 0 Å². The third-order valence-corrected chi connectivity index (χ3v) is 6.19. The van der Waals surface area contributed by atoms with Crippen LogP contribution in [0.3, 0.4) is 0 Å². The van der Waals surface area contributed by atoms with Gasteiger partial charge in [0, 0.05) is 31.2 Å². The fourth-order valence-corrected chi connectivity index (χ4v) is 4.45. The van der Waals surface area contributed by atoms with Gasteiger partial charge in [-0.25, -0.2) is 8.42 Å². The van der Waals surface area contributed by atoms with Gasteiger partial charge in [0.05, 0.1) is 18.1 Å². The van der Waals surface area contributed by atoms with Crippen molar-refractivity contribution in [3.8, 4) is 0 Å². The van der Waals surface area contributed by atoms with E-state index < -0.39 is 10.0 Å². The highest BCUT2D eigenvalue weighted by molar-refractivity contribution is 7.89. The number of rotatable bonds is 6. The molecule has 26 heavy (non-hydrogen) atoms. The van der Waals surface area contributed by atoms with Crippen molar-refractivity contribution in [3.63, 3.8) is 0 Å². The number of carbonyl (C=O) groups is 1. The van der Waals surface area contributed by atoms with Crippen LogP contribution in [0.5, 0.6) is 0 Å². The summed E-state index contributed by atoms with van der Waals surface area (Å²) in [5.41, 5.74) is 0.784. The molecule has 1 saturated heterocycles. The molecule has 2 rings (SSSR count). The van der Waals surface area contributed by atoms with Gasteiger partial charge >= 0.3 is 0 Å². The van der Waals surface area contributed by atoms with Crippen molar-refractivity contribution in [1.29, 1.82) is 0 Å². The van der Waals surface area contributed by atoms with E-state index in [-0.39, 0.29) is 22.9 Å². The third-order valence-electron chi connectivity index (χ3n) is 4.27. The van der Waals surface area contributed by atoms with Crippen LogP contribution in [0.15, 0.2) is 35.2 Å². The lowest BCUT2D eigenvalue weighted by Crippen LogP contribution is -2.41. The molecule has 1 aromatic carbocycles. The van der Waals surface area contributed by atoms with Gasteiger partial charge in [-0.2, -0.15) is 4.31 Å². The molecule has 0 bridgehead atoms. The Morgan fingerprint density at radius 1 is 1.08 bits per heavy atom. The Labute approximate surface area is 156 Å². The van der Waals surface area contributed by atoms with Crippen molar-refractivity contribution in [3.05, 3.63) is 35.9 Å². The number of carbonyl (C=O) groups excluding carboxylic acids is 1. The molecule has 1 heterocycles. The van der Waals surface area contributed by atoms with E-state index in [1.807, 2.05) is 27.7 Å². The normalized spacial score (nSPS) is 16.5. The molecule has 0 aliphatic carbocycles. The van der Waals surface area contributed by atoms with Crippen LogP contribution in [-0.2, 0) is 19.6 Å². The molecular weight excluding hydrogens is 352 g/mol. The van der Waals surface area contributed by atoms with Crippen molar-refractivity contribution in [2.45, 2.75) is 44.7 Å². The minimum Gasteiger partial charge on any atom is -0.379 e. The van der Waals surface area contributed by atoms with E-state index in [1.54, 1.807) is 35.2 Å². The van der Waals surface area contributed by atoms with Gasteiger partial charge in [-0.05, 0) is 51.5 Å². The molecule has 0 aromatic heterocycles. The fourth-order valence-electron chi connectivity index (χ4n) is 3.05. The first kappa shape index (κ1) is 20.6. The zero-order chi connectivity index (χ0) is 19.3. The van der Waals surface area contributed by atoms with E-state index >= 15 is 0 Å². The Morgan fingerprint density at radius 2 is 1.62 bits per heavy atom. The monoisotopic (exact) mass is 380 g/mol. The van der Waals surface area contributed by atoms with Crippen LogP contribution in [0.25, 0.3) is 6.08 Å². The minimum atomic E-state index is -3.49. The summed E-state index contributed by atoms with van der Waals surface area (Å²) in [5.74, 6) is -0.0555. The molecule has 0 spiro atoms. The number of amides is 1. The van der Waals surface area contributed by atoms with Gasteiger partial charge in [0.25, 0.3) is 0 Å². The van der Waals surface area contributed by atoms with Crippen molar-refractivity contribution in [1.82, 2.24) is 9.21 Å². The van der Waals surface area contributed by atoms with E-state index in [0.29, 0.717) is 26.3 Å². The summed E-state index contributed by atoms with van der Waals surface area (Å²) in [4.78, 5) is 14.4. The van der Waals surface area contributed by atoms with E-state index in [2.05, 4.69) is 0 Å². The summed E-state index contributed by atoms with van der Waals surface area (Å²) in [5, 5.41) is 0. The summed E-state index contributed by atoms with van der Waals surface area (Å²) in [6.07, 6.45) is 3.25. The second kappa shape index (κ2) is 8.79. The molecule has 0 unspecified atom stereocenters. The first-order valence-corrected chi connectivity index (χ1v) is 10.4. The summed E-state index contributed by atoms with van der Waals surface area (Å²) in [7, 11) is -3.49. The fraction of sp³-hybridized carbons (Fsp3) is 0.526. The minimum absolute atomic E-state index is 0.0555. The maximum Gasteiger partial charge on any atom is 0.247 e. The van der Waals surface area contributed by atoms with Crippen molar-refractivity contribution in [2.75, 3.05) is 26.3 Å². The molecule has 0 N–H and O–H groups in total. The highest BCUT2D eigenvalue weighted by Crippen LogP contribution is 2.18. The highest BCUT2D eigenvalue weighted by atomic mass is 32.2. The smallest absolute Gasteiger partial charge is 0.247 e. The lowest BCUT2D eigenvalue weighted by Gasteiger charge is -2.29. The molecule has 1 fully saturated rings. The van der Waals surface area contributed by atoms with Crippen LogP contribution < -0.4 is 0 Å². The number of hydrogen-bond acceptors (Lipinski definition) is 4.